The first-order chi connectivity index (χ1) is 12.8. The van der Waals surface area contributed by atoms with Gasteiger partial charge in [-0.1, -0.05) is 12.1 Å². The number of hydrogen-bond acceptors (Lipinski definition) is 4. The minimum absolute atomic E-state index is 0.0669. The molecule has 0 aliphatic heterocycles. The van der Waals surface area contributed by atoms with E-state index < -0.39 is 0 Å². The van der Waals surface area contributed by atoms with E-state index in [0.717, 1.165) is 38.4 Å². The first kappa shape index (κ1) is 17.8. The third kappa shape index (κ3) is 3.04. The highest BCUT2D eigenvalue weighted by Gasteiger charge is 2.18. The third-order valence-electron chi connectivity index (χ3n) is 5.24. The van der Waals surface area contributed by atoms with Crippen LogP contribution in [0.1, 0.15) is 33.0 Å². The summed E-state index contributed by atoms with van der Waals surface area (Å²) in [5.74, 6) is 0.0669. The summed E-state index contributed by atoms with van der Waals surface area (Å²) in [6.45, 7) is 8.72. The zero-order chi connectivity index (χ0) is 19.3. The van der Waals surface area contributed by atoms with Crippen molar-refractivity contribution in [3.05, 3.63) is 57.5 Å². The predicted octanol–water partition coefficient (Wildman–Crippen LogP) is 4.58. The van der Waals surface area contributed by atoms with E-state index in [9.17, 15) is 4.79 Å². The second kappa shape index (κ2) is 6.53. The summed E-state index contributed by atoms with van der Waals surface area (Å²) in [4.78, 5) is 21.4. The SMILES string of the molecule is Cc1cn2c(CN(C)C(=O)Cc3coc4c(C)c(C)ccc34)c(C)nc2s1. The number of likely N-dealkylation sites (N-methyl/N-ethyl adjacent to an activating group) is 1. The Balaban J connectivity index is 1.56. The molecular weight excluding hydrogens is 358 g/mol. The Kier molecular flexibility index (Phi) is 4.30. The topological polar surface area (TPSA) is 50.8 Å². The van der Waals surface area contributed by atoms with Crippen LogP contribution < -0.4 is 0 Å². The highest BCUT2D eigenvalue weighted by Crippen LogP contribution is 2.27. The summed E-state index contributed by atoms with van der Waals surface area (Å²) < 4.78 is 7.84. The molecule has 140 valence electrons. The van der Waals surface area contributed by atoms with E-state index in [1.54, 1.807) is 22.5 Å². The average molecular weight is 382 g/mol. The quantitative estimate of drug-likeness (QED) is 0.520. The number of hydrogen-bond donors (Lipinski definition) is 0. The molecule has 0 saturated heterocycles. The van der Waals surface area contributed by atoms with Gasteiger partial charge in [0.2, 0.25) is 5.91 Å². The Bertz CT molecular complexity index is 1170. The smallest absolute Gasteiger partial charge is 0.227 e. The fourth-order valence-electron chi connectivity index (χ4n) is 3.44. The van der Waals surface area contributed by atoms with Crippen molar-refractivity contribution in [1.29, 1.82) is 0 Å². The van der Waals surface area contributed by atoms with Gasteiger partial charge in [0.1, 0.15) is 5.58 Å². The molecule has 5 nitrogen and oxygen atoms in total. The molecule has 0 unspecified atom stereocenters. The van der Waals surface area contributed by atoms with Gasteiger partial charge in [0.25, 0.3) is 0 Å². The summed E-state index contributed by atoms with van der Waals surface area (Å²) in [5.41, 5.74) is 6.17. The molecule has 27 heavy (non-hydrogen) atoms. The molecular formula is C21H23N3O2S. The lowest BCUT2D eigenvalue weighted by molar-refractivity contribution is -0.129. The Morgan fingerprint density at radius 1 is 1.26 bits per heavy atom. The van der Waals surface area contributed by atoms with E-state index in [0.29, 0.717) is 13.0 Å². The van der Waals surface area contributed by atoms with Crippen molar-refractivity contribution >= 4 is 33.2 Å². The number of aryl methyl sites for hydroxylation is 4. The number of nitrogens with zero attached hydrogens (tertiary/aromatic N) is 3. The largest absolute Gasteiger partial charge is 0.464 e. The van der Waals surface area contributed by atoms with Gasteiger partial charge in [0.15, 0.2) is 4.96 Å². The van der Waals surface area contributed by atoms with E-state index in [-0.39, 0.29) is 5.91 Å². The van der Waals surface area contributed by atoms with Crippen molar-refractivity contribution in [3.8, 4) is 0 Å². The number of carbonyl (C=O) groups excluding carboxylic acids is 1. The van der Waals surface area contributed by atoms with E-state index in [4.69, 9.17) is 4.42 Å². The summed E-state index contributed by atoms with van der Waals surface area (Å²) >= 11 is 1.67. The average Bonchev–Trinajstić information content (AvgIpc) is 3.26. The van der Waals surface area contributed by atoms with Crippen LogP contribution in [-0.2, 0) is 17.8 Å². The molecule has 0 atom stereocenters. The van der Waals surface area contributed by atoms with Crippen LogP contribution in [0, 0.1) is 27.7 Å². The molecule has 0 fully saturated rings. The number of fused-ring (bicyclic) bond motifs is 2. The van der Waals surface area contributed by atoms with Crippen LogP contribution in [0.2, 0.25) is 0 Å². The molecule has 0 bridgehead atoms. The number of rotatable bonds is 4. The minimum atomic E-state index is 0.0669. The number of aromatic nitrogens is 2. The Labute approximate surface area is 162 Å². The van der Waals surface area contributed by atoms with Crippen molar-refractivity contribution in [2.75, 3.05) is 7.05 Å². The molecule has 0 aliphatic rings. The number of furan rings is 1. The molecule has 1 aromatic carbocycles. The van der Waals surface area contributed by atoms with Gasteiger partial charge < -0.3 is 9.32 Å². The summed E-state index contributed by atoms with van der Waals surface area (Å²) in [5, 5.41) is 1.02. The van der Waals surface area contributed by atoms with Crippen LogP contribution >= 0.6 is 11.3 Å². The molecule has 0 spiro atoms. The van der Waals surface area contributed by atoms with Gasteiger partial charge in [-0.3, -0.25) is 9.20 Å². The fourth-order valence-corrected chi connectivity index (χ4v) is 4.33. The fraction of sp³-hybridized carbons (Fsp3) is 0.333. The molecule has 0 radical (unpaired) electrons. The Morgan fingerprint density at radius 3 is 2.81 bits per heavy atom. The van der Waals surface area contributed by atoms with E-state index >= 15 is 0 Å². The molecule has 4 rings (SSSR count). The molecule has 3 heterocycles. The summed E-state index contributed by atoms with van der Waals surface area (Å²) in [6, 6.07) is 4.12. The van der Waals surface area contributed by atoms with E-state index in [1.807, 2.05) is 20.0 Å². The van der Waals surface area contributed by atoms with E-state index in [2.05, 4.69) is 42.4 Å². The van der Waals surface area contributed by atoms with Crippen LogP contribution in [0.25, 0.3) is 15.9 Å². The molecule has 0 aliphatic carbocycles. The van der Waals surface area contributed by atoms with Gasteiger partial charge in [-0.2, -0.15) is 0 Å². The lowest BCUT2D eigenvalue weighted by atomic mass is 10.0. The summed E-state index contributed by atoms with van der Waals surface area (Å²) in [7, 11) is 1.85. The predicted molar refractivity (Wildman–Crippen MR) is 108 cm³/mol. The molecule has 3 aromatic heterocycles. The zero-order valence-corrected chi connectivity index (χ0v) is 17.1. The lowest BCUT2D eigenvalue weighted by Crippen LogP contribution is -2.28. The maximum atomic E-state index is 12.8. The molecule has 0 N–H and O–H groups in total. The first-order valence-corrected chi connectivity index (χ1v) is 9.81. The maximum absolute atomic E-state index is 12.8. The normalized spacial score (nSPS) is 11.6. The van der Waals surface area contributed by atoms with Crippen molar-refractivity contribution in [1.82, 2.24) is 14.3 Å². The van der Waals surface area contributed by atoms with Crippen molar-refractivity contribution in [3.63, 3.8) is 0 Å². The molecule has 0 saturated carbocycles. The maximum Gasteiger partial charge on any atom is 0.227 e. The van der Waals surface area contributed by atoms with Gasteiger partial charge in [0.05, 0.1) is 30.6 Å². The monoisotopic (exact) mass is 381 g/mol. The highest BCUT2D eigenvalue weighted by atomic mass is 32.1. The lowest BCUT2D eigenvalue weighted by Gasteiger charge is -2.17. The Hall–Kier alpha value is -2.60. The number of benzene rings is 1. The molecule has 1 amide bonds. The van der Waals surface area contributed by atoms with E-state index in [1.165, 1.54) is 10.4 Å². The van der Waals surface area contributed by atoms with Crippen molar-refractivity contribution in [2.24, 2.45) is 0 Å². The van der Waals surface area contributed by atoms with Gasteiger partial charge in [-0.05, 0) is 38.8 Å². The van der Waals surface area contributed by atoms with Crippen molar-refractivity contribution in [2.45, 2.75) is 40.7 Å². The number of amides is 1. The van der Waals surface area contributed by atoms with Gasteiger partial charge >= 0.3 is 0 Å². The summed E-state index contributed by atoms with van der Waals surface area (Å²) in [6.07, 6.45) is 4.13. The number of thiazole rings is 1. The molecule has 6 heteroatoms. The standard InChI is InChI=1S/C21H23N3O2S/c1-12-6-7-17-16(11-26-20(17)14(12)3)8-19(25)23(5)10-18-15(4)22-21-24(18)9-13(2)27-21/h6-7,9,11H,8,10H2,1-5H3. The van der Waals surface area contributed by atoms with Gasteiger partial charge in [-0.15, -0.1) is 11.3 Å². The van der Waals surface area contributed by atoms with Crippen LogP contribution in [-0.4, -0.2) is 27.2 Å². The second-order valence-electron chi connectivity index (χ2n) is 7.21. The number of carbonyl (C=O) groups is 1. The first-order valence-electron chi connectivity index (χ1n) is 8.99. The van der Waals surface area contributed by atoms with Crippen LogP contribution in [0.4, 0.5) is 0 Å². The van der Waals surface area contributed by atoms with Crippen molar-refractivity contribution < 1.29 is 9.21 Å². The Morgan fingerprint density at radius 2 is 2.04 bits per heavy atom. The zero-order valence-electron chi connectivity index (χ0n) is 16.3. The van der Waals surface area contributed by atoms with Gasteiger partial charge in [-0.25, -0.2) is 4.98 Å². The van der Waals surface area contributed by atoms with Gasteiger partial charge in [0, 0.05) is 29.1 Å². The minimum Gasteiger partial charge on any atom is -0.464 e. The second-order valence-corrected chi connectivity index (χ2v) is 8.42. The van der Waals surface area contributed by atoms with Crippen LogP contribution in [0.3, 0.4) is 0 Å². The van der Waals surface area contributed by atoms with Crippen LogP contribution in [0.5, 0.6) is 0 Å². The molecule has 4 aromatic rings. The number of imidazole rings is 1. The van der Waals surface area contributed by atoms with Crippen LogP contribution in [0.15, 0.2) is 29.0 Å². The third-order valence-corrected chi connectivity index (χ3v) is 6.14. The highest BCUT2D eigenvalue weighted by molar-refractivity contribution is 7.17.